The van der Waals surface area contributed by atoms with Crippen LogP contribution in [0.5, 0.6) is 0 Å². The molecule has 0 amide bonds. The van der Waals surface area contributed by atoms with Gasteiger partial charge >= 0.3 is 0 Å². The quantitative estimate of drug-likeness (QED) is 0.901. The lowest BCUT2D eigenvalue weighted by atomic mass is 10.0. The van der Waals surface area contributed by atoms with E-state index >= 15 is 0 Å². The molecule has 2 rings (SSSR count). The summed E-state index contributed by atoms with van der Waals surface area (Å²) >= 11 is 0. The third kappa shape index (κ3) is 2.79. The number of hydrogen-bond donors (Lipinski definition) is 1. The zero-order valence-corrected chi connectivity index (χ0v) is 12.2. The van der Waals surface area contributed by atoms with Crippen LogP contribution in [-0.2, 0) is 6.54 Å². The summed E-state index contributed by atoms with van der Waals surface area (Å²) in [6.45, 7) is 7.06. The van der Waals surface area contributed by atoms with E-state index in [4.69, 9.17) is 5.73 Å². The second-order valence-corrected chi connectivity index (χ2v) is 5.15. The molecule has 0 aliphatic heterocycles. The maximum absolute atomic E-state index is 5.63. The van der Waals surface area contributed by atoms with Gasteiger partial charge in [0.1, 0.15) is 0 Å². The van der Waals surface area contributed by atoms with Gasteiger partial charge in [0.05, 0.1) is 0 Å². The van der Waals surface area contributed by atoms with Gasteiger partial charge in [-0.25, -0.2) is 0 Å². The maximum Gasteiger partial charge on any atom is 0.0440 e. The molecular formula is C17H22N2. The van der Waals surface area contributed by atoms with Gasteiger partial charge in [-0.3, -0.25) is 0 Å². The number of rotatable bonds is 3. The molecule has 0 radical (unpaired) electrons. The SMILES string of the molecule is Cc1cc(C)c(N(C)c2ccc(CN)cc2)cc1C. The topological polar surface area (TPSA) is 29.3 Å². The third-order valence-corrected chi connectivity index (χ3v) is 3.73. The van der Waals surface area contributed by atoms with E-state index < -0.39 is 0 Å². The van der Waals surface area contributed by atoms with Gasteiger partial charge in [0.2, 0.25) is 0 Å². The molecule has 0 heterocycles. The number of aryl methyl sites for hydroxylation is 3. The molecule has 0 saturated carbocycles. The average Bonchev–Trinajstić information content (AvgIpc) is 2.42. The van der Waals surface area contributed by atoms with E-state index in [1.54, 1.807) is 0 Å². The van der Waals surface area contributed by atoms with Crippen LogP contribution in [-0.4, -0.2) is 7.05 Å². The molecule has 0 aliphatic carbocycles. The molecule has 0 aromatic heterocycles. The van der Waals surface area contributed by atoms with Gasteiger partial charge in [-0.1, -0.05) is 18.2 Å². The highest BCUT2D eigenvalue weighted by Gasteiger charge is 2.08. The Morgan fingerprint density at radius 3 is 2.05 bits per heavy atom. The van der Waals surface area contributed by atoms with Crippen molar-refractivity contribution in [2.75, 3.05) is 11.9 Å². The molecule has 2 aromatic rings. The summed E-state index contributed by atoms with van der Waals surface area (Å²) in [6, 6.07) is 12.9. The molecule has 19 heavy (non-hydrogen) atoms. The predicted octanol–water partition coefficient (Wildman–Crippen LogP) is 3.84. The van der Waals surface area contributed by atoms with Crippen molar-refractivity contribution in [2.45, 2.75) is 27.3 Å². The molecule has 100 valence electrons. The monoisotopic (exact) mass is 254 g/mol. The van der Waals surface area contributed by atoms with Crippen LogP contribution >= 0.6 is 0 Å². The Morgan fingerprint density at radius 2 is 1.47 bits per heavy atom. The van der Waals surface area contributed by atoms with Gasteiger partial charge in [-0.15, -0.1) is 0 Å². The van der Waals surface area contributed by atoms with E-state index in [-0.39, 0.29) is 0 Å². The summed E-state index contributed by atoms with van der Waals surface area (Å²) in [4.78, 5) is 2.22. The van der Waals surface area contributed by atoms with Gasteiger partial charge in [0.25, 0.3) is 0 Å². The number of nitrogens with zero attached hydrogens (tertiary/aromatic N) is 1. The highest BCUT2D eigenvalue weighted by molar-refractivity contribution is 5.67. The zero-order valence-electron chi connectivity index (χ0n) is 12.2. The molecule has 2 N–H and O–H groups in total. The van der Waals surface area contributed by atoms with Gasteiger partial charge in [0.15, 0.2) is 0 Å². The Balaban J connectivity index is 2.37. The normalized spacial score (nSPS) is 10.6. The average molecular weight is 254 g/mol. The van der Waals surface area contributed by atoms with Crippen molar-refractivity contribution in [2.24, 2.45) is 5.73 Å². The third-order valence-electron chi connectivity index (χ3n) is 3.73. The number of anilines is 2. The maximum atomic E-state index is 5.63. The Kier molecular flexibility index (Phi) is 3.91. The highest BCUT2D eigenvalue weighted by atomic mass is 15.1. The summed E-state index contributed by atoms with van der Waals surface area (Å²) in [6.07, 6.45) is 0. The minimum absolute atomic E-state index is 0.590. The van der Waals surface area contributed by atoms with Crippen molar-refractivity contribution in [3.8, 4) is 0 Å². The Morgan fingerprint density at radius 1 is 0.895 bits per heavy atom. The molecule has 0 saturated heterocycles. The number of nitrogens with two attached hydrogens (primary N) is 1. The van der Waals surface area contributed by atoms with Crippen LogP contribution in [0.2, 0.25) is 0 Å². The largest absolute Gasteiger partial charge is 0.344 e. The van der Waals surface area contributed by atoms with E-state index in [1.807, 2.05) is 0 Å². The minimum atomic E-state index is 0.590. The summed E-state index contributed by atoms with van der Waals surface area (Å²) in [5.41, 5.74) is 13.2. The first-order valence-corrected chi connectivity index (χ1v) is 6.63. The predicted molar refractivity (Wildman–Crippen MR) is 83.0 cm³/mol. The minimum Gasteiger partial charge on any atom is -0.344 e. The van der Waals surface area contributed by atoms with E-state index in [0.29, 0.717) is 6.54 Å². The van der Waals surface area contributed by atoms with Crippen molar-refractivity contribution in [3.63, 3.8) is 0 Å². The standard InChI is InChI=1S/C17H22N2/c1-12-9-14(3)17(10-13(12)2)19(4)16-7-5-15(11-18)6-8-16/h5-10H,11,18H2,1-4H3. The van der Waals surface area contributed by atoms with Crippen LogP contribution in [0.25, 0.3) is 0 Å². The van der Waals surface area contributed by atoms with Crippen LogP contribution in [0, 0.1) is 20.8 Å². The fourth-order valence-electron chi connectivity index (χ4n) is 2.30. The van der Waals surface area contributed by atoms with E-state index in [1.165, 1.54) is 28.1 Å². The van der Waals surface area contributed by atoms with Crippen LogP contribution in [0.3, 0.4) is 0 Å². The lowest BCUT2D eigenvalue weighted by Crippen LogP contribution is -2.11. The van der Waals surface area contributed by atoms with Crippen molar-refractivity contribution >= 4 is 11.4 Å². The first-order valence-electron chi connectivity index (χ1n) is 6.63. The van der Waals surface area contributed by atoms with Crippen molar-refractivity contribution in [3.05, 3.63) is 58.7 Å². The Bertz CT molecular complexity index is 571. The second-order valence-electron chi connectivity index (χ2n) is 5.15. The molecule has 0 atom stereocenters. The number of hydrogen-bond acceptors (Lipinski definition) is 2. The Labute approximate surface area is 115 Å². The first-order chi connectivity index (χ1) is 9.02. The first kappa shape index (κ1) is 13.6. The number of benzene rings is 2. The summed E-state index contributed by atoms with van der Waals surface area (Å²) < 4.78 is 0. The fourth-order valence-corrected chi connectivity index (χ4v) is 2.30. The van der Waals surface area contributed by atoms with Gasteiger partial charge in [-0.2, -0.15) is 0 Å². The van der Waals surface area contributed by atoms with Crippen LogP contribution < -0.4 is 10.6 Å². The summed E-state index contributed by atoms with van der Waals surface area (Å²) in [5.74, 6) is 0. The van der Waals surface area contributed by atoms with Gasteiger partial charge < -0.3 is 10.6 Å². The molecule has 0 fully saturated rings. The van der Waals surface area contributed by atoms with Crippen LogP contribution in [0.15, 0.2) is 36.4 Å². The van der Waals surface area contributed by atoms with Crippen LogP contribution in [0.1, 0.15) is 22.3 Å². The lowest BCUT2D eigenvalue weighted by Gasteiger charge is -2.23. The van der Waals surface area contributed by atoms with E-state index in [9.17, 15) is 0 Å². The fraction of sp³-hybridized carbons (Fsp3) is 0.294. The highest BCUT2D eigenvalue weighted by Crippen LogP contribution is 2.29. The molecule has 2 heteroatoms. The molecule has 0 spiro atoms. The van der Waals surface area contributed by atoms with Gasteiger partial charge in [-0.05, 0) is 61.2 Å². The lowest BCUT2D eigenvalue weighted by molar-refractivity contribution is 1.07. The smallest absolute Gasteiger partial charge is 0.0440 e. The zero-order chi connectivity index (χ0) is 14.0. The summed E-state index contributed by atoms with van der Waals surface area (Å²) in [5, 5.41) is 0. The molecule has 2 nitrogen and oxygen atoms in total. The van der Waals surface area contributed by atoms with E-state index in [0.717, 1.165) is 5.56 Å². The van der Waals surface area contributed by atoms with Crippen molar-refractivity contribution in [1.82, 2.24) is 0 Å². The van der Waals surface area contributed by atoms with E-state index in [2.05, 4.69) is 69.1 Å². The second kappa shape index (κ2) is 5.45. The van der Waals surface area contributed by atoms with Crippen molar-refractivity contribution in [1.29, 1.82) is 0 Å². The molecule has 0 bridgehead atoms. The molecular weight excluding hydrogens is 232 g/mol. The van der Waals surface area contributed by atoms with Gasteiger partial charge in [0, 0.05) is 25.0 Å². The summed E-state index contributed by atoms with van der Waals surface area (Å²) in [7, 11) is 2.11. The molecule has 2 aromatic carbocycles. The van der Waals surface area contributed by atoms with Crippen LogP contribution in [0.4, 0.5) is 11.4 Å². The molecule has 0 unspecified atom stereocenters. The molecule has 0 aliphatic rings. The van der Waals surface area contributed by atoms with Crippen molar-refractivity contribution < 1.29 is 0 Å². The Hall–Kier alpha value is -1.80.